The molecule has 2 N–H and O–H groups in total. The highest BCUT2D eigenvalue weighted by Crippen LogP contribution is 2.23. The Labute approximate surface area is 117 Å². The van der Waals surface area contributed by atoms with Gasteiger partial charge in [0, 0.05) is 18.3 Å². The van der Waals surface area contributed by atoms with Gasteiger partial charge in [-0.15, -0.1) is 0 Å². The molecule has 0 bridgehead atoms. The standard InChI is InChI=1S/C16H16N4/c1-12-5-7-13(8-6-12)15-10-14(11-17)19-20(15)16-4-2-3-9-18-16/h2-10H,11,17H2,1H3. The van der Waals surface area contributed by atoms with E-state index in [2.05, 4.69) is 41.3 Å². The van der Waals surface area contributed by atoms with Crippen LogP contribution in [0.3, 0.4) is 0 Å². The summed E-state index contributed by atoms with van der Waals surface area (Å²) in [5.74, 6) is 0.794. The van der Waals surface area contributed by atoms with Crippen molar-refractivity contribution in [2.75, 3.05) is 0 Å². The number of nitrogens with zero attached hydrogens (tertiary/aromatic N) is 3. The Balaban J connectivity index is 2.15. The van der Waals surface area contributed by atoms with Crippen LogP contribution in [0.2, 0.25) is 0 Å². The van der Waals surface area contributed by atoms with Crippen molar-refractivity contribution in [3.8, 4) is 17.1 Å². The lowest BCUT2D eigenvalue weighted by Crippen LogP contribution is -2.03. The molecule has 0 aliphatic heterocycles. The Morgan fingerprint density at radius 3 is 2.55 bits per heavy atom. The minimum Gasteiger partial charge on any atom is -0.325 e. The number of pyridine rings is 1. The Kier molecular flexibility index (Phi) is 3.31. The Bertz CT molecular complexity index is 699. The molecule has 4 nitrogen and oxygen atoms in total. The second-order valence-corrected chi connectivity index (χ2v) is 4.69. The highest BCUT2D eigenvalue weighted by molar-refractivity contribution is 5.62. The summed E-state index contributed by atoms with van der Waals surface area (Å²) in [4.78, 5) is 4.36. The zero-order valence-electron chi connectivity index (χ0n) is 11.3. The van der Waals surface area contributed by atoms with E-state index in [-0.39, 0.29) is 0 Å². The molecule has 20 heavy (non-hydrogen) atoms. The highest BCUT2D eigenvalue weighted by atomic mass is 15.3. The van der Waals surface area contributed by atoms with Gasteiger partial charge in [-0.2, -0.15) is 5.10 Å². The third-order valence-corrected chi connectivity index (χ3v) is 3.18. The van der Waals surface area contributed by atoms with E-state index in [9.17, 15) is 0 Å². The van der Waals surface area contributed by atoms with Crippen molar-refractivity contribution in [2.24, 2.45) is 5.73 Å². The summed E-state index contributed by atoms with van der Waals surface area (Å²) in [6, 6.07) is 16.1. The first-order valence-corrected chi connectivity index (χ1v) is 6.55. The van der Waals surface area contributed by atoms with Gasteiger partial charge >= 0.3 is 0 Å². The van der Waals surface area contributed by atoms with Gasteiger partial charge in [-0.3, -0.25) is 0 Å². The maximum Gasteiger partial charge on any atom is 0.153 e. The molecule has 0 atom stereocenters. The number of hydrogen-bond donors (Lipinski definition) is 1. The van der Waals surface area contributed by atoms with E-state index in [0.29, 0.717) is 6.54 Å². The minimum atomic E-state index is 0.415. The molecule has 0 radical (unpaired) electrons. The third-order valence-electron chi connectivity index (χ3n) is 3.18. The van der Waals surface area contributed by atoms with E-state index in [0.717, 1.165) is 22.8 Å². The molecule has 1 aromatic carbocycles. The lowest BCUT2D eigenvalue weighted by molar-refractivity contribution is 0.815. The number of hydrogen-bond acceptors (Lipinski definition) is 3. The molecule has 4 heteroatoms. The molecule has 0 aliphatic rings. The molecule has 0 amide bonds. The summed E-state index contributed by atoms with van der Waals surface area (Å²) in [7, 11) is 0. The van der Waals surface area contributed by atoms with Crippen LogP contribution in [0.15, 0.2) is 54.7 Å². The summed E-state index contributed by atoms with van der Waals surface area (Å²) in [5.41, 5.74) is 9.91. The minimum absolute atomic E-state index is 0.415. The predicted octanol–water partition coefficient (Wildman–Crippen LogP) is 2.70. The molecule has 0 aliphatic carbocycles. The van der Waals surface area contributed by atoms with Crippen LogP contribution in [0.5, 0.6) is 0 Å². The van der Waals surface area contributed by atoms with Crippen molar-refractivity contribution < 1.29 is 0 Å². The average molecular weight is 264 g/mol. The predicted molar refractivity (Wildman–Crippen MR) is 79.4 cm³/mol. The zero-order valence-corrected chi connectivity index (χ0v) is 11.3. The van der Waals surface area contributed by atoms with Gasteiger partial charge < -0.3 is 5.73 Å². The van der Waals surface area contributed by atoms with Gasteiger partial charge in [0.05, 0.1) is 11.4 Å². The summed E-state index contributed by atoms with van der Waals surface area (Å²) < 4.78 is 1.84. The van der Waals surface area contributed by atoms with Gasteiger partial charge in [-0.25, -0.2) is 9.67 Å². The lowest BCUT2D eigenvalue weighted by atomic mass is 10.1. The Morgan fingerprint density at radius 2 is 1.90 bits per heavy atom. The maximum atomic E-state index is 5.72. The second-order valence-electron chi connectivity index (χ2n) is 4.69. The maximum absolute atomic E-state index is 5.72. The van der Waals surface area contributed by atoms with Crippen LogP contribution in [-0.2, 0) is 6.54 Å². The largest absolute Gasteiger partial charge is 0.325 e. The molecule has 2 heterocycles. The molecule has 0 fully saturated rings. The van der Waals surface area contributed by atoms with E-state index in [1.807, 2.05) is 28.9 Å². The summed E-state index contributed by atoms with van der Waals surface area (Å²) in [5, 5.41) is 4.53. The van der Waals surface area contributed by atoms with Crippen molar-refractivity contribution in [2.45, 2.75) is 13.5 Å². The van der Waals surface area contributed by atoms with Gasteiger partial charge in [0.1, 0.15) is 0 Å². The fraction of sp³-hybridized carbons (Fsp3) is 0.125. The molecule has 2 aromatic heterocycles. The zero-order chi connectivity index (χ0) is 13.9. The average Bonchev–Trinajstić information content (AvgIpc) is 2.93. The van der Waals surface area contributed by atoms with Crippen molar-refractivity contribution in [1.29, 1.82) is 0 Å². The van der Waals surface area contributed by atoms with E-state index in [4.69, 9.17) is 5.73 Å². The molecular formula is C16H16N4. The summed E-state index contributed by atoms with van der Waals surface area (Å²) in [6.07, 6.45) is 1.76. The summed E-state index contributed by atoms with van der Waals surface area (Å²) >= 11 is 0. The quantitative estimate of drug-likeness (QED) is 0.791. The first-order valence-electron chi connectivity index (χ1n) is 6.55. The monoisotopic (exact) mass is 264 g/mol. The molecule has 0 spiro atoms. The van der Waals surface area contributed by atoms with Crippen LogP contribution in [-0.4, -0.2) is 14.8 Å². The number of nitrogens with two attached hydrogens (primary N) is 1. The van der Waals surface area contributed by atoms with Crippen LogP contribution in [0.1, 0.15) is 11.3 Å². The highest BCUT2D eigenvalue weighted by Gasteiger charge is 2.11. The topological polar surface area (TPSA) is 56.7 Å². The lowest BCUT2D eigenvalue weighted by Gasteiger charge is -2.06. The van der Waals surface area contributed by atoms with E-state index in [1.165, 1.54) is 5.56 Å². The fourth-order valence-electron chi connectivity index (χ4n) is 2.11. The van der Waals surface area contributed by atoms with Gasteiger partial charge in [-0.1, -0.05) is 35.9 Å². The number of aryl methyl sites for hydroxylation is 1. The second kappa shape index (κ2) is 5.27. The van der Waals surface area contributed by atoms with Crippen molar-refractivity contribution in [3.63, 3.8) is 0 Å². The van der Waals surface area contributed by atoms with E-state index >= 15 is 0 Å². The first-order chi connectivity index (χ1) is 9.78. The molecular weight excluding hydrogens is 248 g/mol. The smallest absolute Gasteiger partial charge is 0.153 e. The van der Waals surface area contributed by atoms with E-state index in [1.54, 1.807) is 6.20 Å². The van der Waals surface area contributed by atoms with Crippen LogP contribution < -0.4 is 5.73 Å². The van der Waals surface area contributed by atoms with Crippen LogP contribution >= 0.6 is 0 Å². The first kappa shape index (κ1) is 12.6. The molecule has 0 unspecified atom stereocenters. The van der Waals surface area contributed by atoms with Gasteiger partial charge in [0.2, 0.25) is 0 Å². The fourth-order valence-corrected chi connectivity index (χ4v) is 2.11. The van der Waals surface area contributed by atoms with Crippen LogP contribution in [0, 0.1) is 6.92 Å². The number of aromatic nitrogens is 3. The van der Waals surface area contributed by atoms with Gasteiger partial charge in [-0.05, 0) is 25.1 Å². The van der Waals surface area contributed by atoms with Gasteiger partial charge in [0.25, 0.3) is 0 Å². The van der Waals surface area contributed by atoms with Crippen LogP contribution in [0.4, 0.5) is 0 Å². The third kappa shape index (κ3) is 2.33. The number of rotatable bonds is 3. The van der Waals surface area contributed by atoms with Crippen LogP contribution in [0.25, 0.3) is 17.1 Å². The SMILES string of the molecule is Cc1ccc(-c2cc(CN)nn2-c2ccccn2)cc1. The van der Waals surface area contributed by atoms with Crippen molar-refractivity contribution in [1.82, 2.24) is 14.8 Å². The molecule has 3 rings (SSSR count). The molecule has 0 saturated heterocycles. The van der Waals surface area contributed by atoms with Gasteiger partial charge in [0.15, 0.2) is 5.82 Å². The number of benzene rings is 1. The van der Waals surface area contributed by atoms with E-state index < -0.39 is 0 Å². The Hall–Kier alpha value is -2.46. The molecule has 100 valence electrons. The molecule has 0 saturated carbocycles. The normalized spacial score (nSPS) is 10.7. The Morgan fingerprint density at radius 1 is 1.10 bits per heavy atom. The van der Waals surface area contributed by atoms with Crippen molar-refractivity contribution >= 4 is 0 Å². The summed E-state index contributed by atoms with van der Waals surface area (Å²) in [6.45, 7) is 2.49. The van der Waals surface area contributed by atoms with Crippen molar-refractivity contribution in [3.05, 3.63) is 66.0 Å². The molecule has 3 aromatic rings.